The maximum absolute atomic E-state index is 11.9. The molecule has 0 unspecified atom stereocenters. The second-order valence-corrected chi connectivity index (χ2v) is 6.13. The average molecular weight is 367 g/mol. The number of halogens is 1. The van der Waals surface area contributed by atoms with E-state index in [1.807, 2.05) is 18.2 Å². The summed E-state index contributed by atoms with van der Waals surface area (Å²) in [4.78, 5) is 12.9. The minimum Gasteiger partial charge on any atom is -0.497 e. The molecule has 6 heteroatoms. The molecule has 0 bridgehead atoms. The molecule has 0 aromatic heterocycles. The van der Waals surface area contributed by atoms with Gasteiger partial charge in [-0.15, -0.1) is 11.8 Å². The summed E-state index contributed by atoms with van der Waals surface area (Å²) in [5.74, 6) is 1.02. The second-order valence-electron chi connectivity index (χ2n) is 4.26. The van der Waals surface area contributed by atoms with E-state index < -0.39 is 0 Å². The van der Waals surface area contributed by atoms with Crippen molar-refractivity contribution in [1.29, 1.82) is 0 Å². The number of nitrogens with two attached hydrogens (primary N) is 1. The molecule has 0 fully saturated rings. The summed E-state index contributed by atoms with van der Waals surface area (Å²) in [5.41, 5.74) is 7.12. The molecular weight excluding hydrogens is 352 g/mol. The molecule has 0 atom stereocenters. The van der Waals surface area contributed by atoms with Crippen molar-refractivity contribution in [1.82, 2.24) is 0 Å². The molecule has 0 saturated heterocycles. The molecule has 4 nitrogen and oxygen atoms in total. The fourth-order valence-electron chi connectivity index (χ4n) is 1.65. The van der Waals surface area contributed by atoms with Gasteiger partial charge in [0.15, 0.2) is 0 Å². The Balaban J connectivity index is 1.89. The third-order valence-corrected chi connectivity index (χ3v) is 4.68. The van der Waals surface area contributed by atoms with Crippen LogP contribution in [0.5, 0.6) is 5.75 Å². The zero-order valence-corrected chi connectivity index (χ0v) is 13.8. The summed E-state index contributed by atoms with van der Waals surface area (Å²) in [7, 11) is 1.61. The minimum atomic E-state index is -0.0612. The maximum Gasteiger partial charge on any atom is 0.234 e. The van der Waals surface area contributed by atoms with Gasteiger partial charge in [-0.1, -0.05) is 0 Å². The van der Waals surface area contributed by atoms with Gasteiger partial charge in [-0.05, 0) is 58.4 Å². The summed E-state index contributed by atoms with van der Waals surface area (Å²) in [6.45, 7) is 0. The Hall–Kier alpha value is -1.66. The number of methoxy groups -OCH3 is 1. The normalized spacial score (nSPS) is 10.2. The predicted octanol–water partition coefficient (Wildman–Crippen LogP) is 3.77. The molecule has 0 aliphatic carbocycles. The lowest BCUT2D eigenvalue weighted by molar-refractivity contribution is -0.113. The van der Waals surface area contributed by atoms with Crippen molar-refractivity contribution >= 4 is 45.0 Å². The lowest BCUT2D eigenvalue weighted by Gasteiger charge is -2.07. The maximum atomic E-state index is 11.9. The highest BCUT2D eigenvalue weighted by Gasteiger charge is 2.06. The van der Waals surface area contributed by atoms with Gasteiger partial charge in [-0.2, -0.15) is 0 Å². The van der Waals surface area contributed by atoms with Crippen LogP contribution in [0, 0.1) is 0 Å². The number of carbonyl (C=O) groups excluding carboxylic acids is 1. The van der Waals surface area contributed by atoms with Crippen molar-refractivity contribution in [2.75, 3.05) is 23.9 Å². The first-order chi connectivity index (χ1) is 10.1. The highest BCUT2D eigenvalue weighted by Crippen LogP contribution is 2.29. The first-order valence-corrected chi connectivity index (χ1v) is 7.98. The van der Waals surface area contributed by atoms with E-state index in [1.54, 1.807) is 31.4 Å². The number of nitrogens with one attached hydrogen (secondary N) is 1. The Morgan fingerprint density at radius 3 is 2.62 bits per heavy atom. The van der Waals surface area contributed by atoms with Crippen LogP contribution in [0.15, 0.2) is 51.8 Å². The van der Waals surface area contributed by atoms with E-state index in [9.17, 15) is 4.79 Å². The molecule has 110 valence electrons. The molecule has 2 rings (SSSR count). The van der Waals surface area contributed by atoms with Crippen molar-refractivity contribution < 1.29 is 9.53 Å². The fourth-order valence-corrected chi connectivity index (χ4v) is 3.11. The third-order valence-electron chi connectivity index (χ3n) is 2.69. The van der Waals surface area contributed by atoms with Crippen molar-refractivity contribution in [3.63, 3.8) is 0 Å². The zero-order valence-electron chi connectivity index (χ0n) is 11.4. The third kappa shape index (κ3) is 4.68. The van der Waals surface area contributed by atoms with Crippen molar-refractivity contribution in [2.24, 2.45) is 0 Å². The summed E-state index contributed by atoms with van der Waals surface area (Å²) in [6, 6.07) is 12.8. The SMILES string of the molecule is COc1ccc(NC(=O)CSc2ccc(N)cc2Br)cc1. The average Bonchev–Trinajstić information content (AvgIpc) is 2.47. The second kappa shape index (κ2) is 7.38. The van der Waals surface area contributed by atoms with Gasteiger partial charge in [0.2, 0.25) is 5.91 Å². The molecular formula is C15H15BrN2O2S. The standard InChI is InChI=1S/C15H15BrN2O2S/c1-20-12-5-3-11(4-6-12)18-15(19)9-21-14-7-2-10(17)8-13(14)16/h2-8H,9,17H2,1H3,(H,18,19). The van der Waals surface area contributed by atoms with Crippen LogP contribution in [0.1, 0.15) is 0 Å². The predicted molar refractivity (Wildman–Crippen MR) is 90.9 cm³/mol. The van der Waals surface area contributed by atoms with Gasteiger partial charge in [-0.25, -0.2) is 0 Å². The van der Waals surface area contributed by atoms with Crippen molar-refractivity contribution in [2.45, 2.75) is 4.90 Å². The highest BCUT2D eigenvalue weighted by molar-refractivity contribution is 9.10. The van der Waals surface area contributed by atoms with Crippen LogP contribution in [0.2, 0.25) is 0 Å². The van der Waals surface area contributed by atoms with Crippen molar-refractivity contribution in [3.8, 4) is 5.75 Å². The minimum absolute atomic E-state index is 0.0612. The molecule has 21 heavy (non-hydrogen) atoms. The smallest absolute Gasteiger partial charge is 0.234 e. The quantitative estimate of drug-likeness (QED) is 0.624. The molecule has 1 amide bonds. The molecule has 0 aliphatic rings. The van der Waals surface area contributed by atoms with E-state index in [0.717, 1.165) is 20.8 Å². The topological polar surface area (TPSA) is 64.3 Å². The Kier molecular flexibility index (Phi) is 5.52. The molecule has 3 N–H and O–H groups in total. The summed E-state index contributed by atoms with van der Waals surface area (Å²) in [5, 5.41) is 2.84. The van der Waals surface area contributed by atoms with Crippen molar-refractivity contribution in [3.05, 3.63) is 46.9 Å². The Morgan fingerprint density at radius 2 is 2.00 bits per heavy atom. The van der Waals surface area contributed by atoms with Crippen LogP contribution in [-0.2, 0) is 4.79 Å². The monoisotopic (exact) mass is 366 g/mol. The molecule has 0 heterocycles. The van der Waals surface area contributed by atoms with Crippen LogP contribution in [0.4, 0.5) is 11.4 Å². The van der Waals surface area contributed by atoms with Gasteiger partial charge >= 0.3 is 0 Å². The number of thioether (sulfide) groups is 1. The summed E-state index contributed by atoms with van der Waals surface area (Å²) in [6.07, 6.45) is 0. The summed E-state index contributed by atoms with van der Waals surface area (Å²) >= 11 is 4.89. The van der Waals surface area contributed by atoms with Gasteiger partial charge in [0, 0.05) is 20.7 Å². The number of carbonyl (C=O) groups is 1. The number of hydrogen-bond donors (Lipinski definition) is 2. The van der Waals surface area contributed by atoms with E-state index in [4.69, 9.17) is 10.5 Å². The van der Waals surface area contributed by atoms with Gasteiger partial charge < -0.3 is 15.8 Å². The van der Waals surface area contributed by atoms with E-state index >= 15 is 0 Å². The summed E-state index contributed by atoms with van der Waals surface area (Å²) < 4.78 is 5.96. The van der Waals surface area contributed by atoms with Gasteiger partial charge in [0.1, 0.15) is 5.75 Å². The lowest BCUT2D eigenvalue weighted by Crippen LogP contribution is -2.13. The fraction of sp³-hybridized carbons (Fsp3) is 0.133. The number of hydrogen-bond acceptors (Lipinski definition) is 4. The van der Waals surface area contributed by atoms with Crippen LogP contribution in [0.25, 0.3) is 0 Å². The van der Waals surface area contributed by atoms with Crippen LogP contribution in [0.3, 0.4) is 0 Å². The zero-order chi connectivity index (χ0) is 15.2. The van der Waals surface area contributed by atoms with Gasteiger partial charge in [-0.3, -0.25) is 4.79 Å². The molecule has 2 aromatic rings. The van der Waals surface area contributed by atoms with Gasteiger partial charge in [0.05, 0.1) is 12.9 Å². The highest BCUT2D eigenvalue weighted by atomic mass is 79.9. The molecule has 0 spiro atoms. The number of rotatable bonds is 5. The van der Waals surface area contributed by atoms with E-state index in [0.29, 0.717) is 11.4 Å². The first kappa shape index (κ1) is 15.7. The molecule has 0 radical (unpaired) electrons. The number of amides is 1. The molecule has 0 aliphatic heterocycles. The van der Waals surface area contributed by atoms with E-state index in [2.05, 4.69) is 21.2 Å². The van der Waals surface area contributed by atoms with Crippen LogP contribution in [-0.4, -0.2) is 18.8 Å². The number of ether oxygens (including phenoxy) is 1. The molecule has 0 saturated carbocycles. The van der Waals surface area contributed by atoms with E-state index in [1.165, 1.54) is 11.8 Å². The Labute approximate surface area is 136 Å². The van der Waals surface area contributed by atoms with E-state index in [-0.39, 0.29) is 5.91 Å². The molecule has 2 aromatic carbocycles. The van der Waals surface area contributed by atoms with Crippen LogP contribution < -0.4 is 15.8 Å². The number of anilines is 2. The number of nitrogen functional groups attached to an aromatic ring is 1. The van der Waals surface area contributed by atoms with Gasteiger partial charge in [0.25, 0.3) is 0 Å². The number of benzene rings is 2. The Morgan fingerprint density at radius 1 is 1.29 bits per heavy atom. The lowest BCUT2D eigenvalue weighted by atomic mass is 10.3. The van der Waals surface area contributed by atoms with Crippen LogP contribution >= 0.6 is 27.7 Å². The largest absolute Gasteiger partial charge is 0.497 e. The Bertz CT molecular complexity index is 632. The first-order valence-electron chi connectivity index (χ1n) is 6.20.